The second kappa shape index (κ2) is 3.12. The van der Waals surface area contributed by atoms with E-state index in [2.05, 4.69) is 10.6 Å². The van der Waals surface area contributed by atoms with Gasteiger partial charge in [0.05, 0.1) is 11.1 Å². The average Bonchev–Trinajstić information content (AvgIpc) is 2.50. The molecule has 4 heteroatoms. The Morgan fingerprint density at radius 3 is 2.77 bits per heavy atom. The minimum atomic E-state index is -0.771. The molecule has 1 spiro atoms. The Hall–Kier alpha value is -0.870. The number of hydrogen-bond donors (Lipinski definition) is 3. The highest BCUT2D eigenvalue weighted by Crippen LogP contribution is 2.30. The molecule has 0 aromatic rings. The molecule has 13 heavy (non-hydrogen) atoms. The van der Waals surface area contributed by atoms with Crippen molar-refractivity contribution in [3.05, 3.63) is 11.6 Å². The molecule has 4 nitrogen and oxygen atoms in total. The standard InChI is InChI=1S/C9H14N2O2/c12-8(13)7-1-4-11-9(7)2-5-10-6-3-9/h1,10-11H,2-6H2,(H,12,13). The third-order valence-electron chi connectivity index (χ3n) is 2.95. The van der Waals surface area contributed by atoms with Gasteiger partial charge in [0.15, 0.2) is 0 Å². The summed E-state index contributed by atoms with van der Waals surface area (Å²) in [4.78, 5) is 10.9. The first kappa shape index (κ1) is 8.72. The van der Waals surface area contributed by atoms with Crippen molar-refractivity contribution >= 4 is 5.97 Å². The monoisotopic (exact) mass is 182 g/mol. The number of hydrogen-bond acceptors (Lipinski definition) is 3. The zero-order valence-electron chi connectivity index (χ0n) is 7.47. The van der Waals surface area contributed by atoms with Gasteiger partial charge < -0.3 is 15.7 Å². The number of carboxylic acids is 1. The molecule has 0 aromatic heterocycles. The van der Waals surface area contributed by atoms with Crippen molar-refractivity contribution in [3.8, 4) is 0 Å². The van der Waals surface area contributed by atoms with E-state index in [1.807, 2.05) is 0 Å². The molecule has 1 saturated heterocycles. The van der Waals surface area contributed by atoms with Gasteiger partial charge in [-0.15, -0.1) is 0 Å². The Labute approximate surface area is 77.0 Å². The maximum Gasteiger partial charge on any atom is 0.333 e. The number of aliphatic carboxylic acids is 1. The van der Waals surface area contributed by atoms with Crippen LogP contribution in [0.4, 0.5) is 0 Å². The van der Waals surface area contributed by atoms with Gasteiger partial charge in [0.1, 0.15) is 0 Å². The van der Waals surface area contributed by atoms with Gasteiger partial charge in [-0.05, 0) is 25.9 Å². The van der Waals surface area contributed by atoms with Crippen LogP contribution in [-0.2, 0) is 4.79 Å². The predicted molar refractivity (Wildman–Crippen MR) is 48.6 cm³/mol. The quantitative estimate of drug-likeness (QED) is 0.522. The van der Waals surface area contributed by atoms with Gasteiger partial charge in [-0.2, -0.15) is 0 Å². The smallest absolute Gasteiger partial charge is 0.333 e. The number of piperidine rings is 1. The molecular weight excluding hydrogens is 168 g/mol. The van der Waals surface area contributed by atoms with E-state index >= 15 is 0 Å². The second-order valence-electron chi connectivity index (χ2n) is 3.64. The number of carbonyl (C=O) groups is 1. The zero-order valence-corrected chi connectivity index (χ0v) is 7.47. The molecule has 0 radical (unpaired) electrons. The second-order valence-corrected chi connectivity index (χ2v) is 3.64. The molecule has 72 valence electrons. The lowest BCUT2D eigenvalue weighted by Crippen LogP contribution is -2.51. The molecule has 2 rings (SSSR count). The van der Waals surface area contributed by atoms with Gasteiger partial charge in [0.25, 0.3) is 0 Å². The molecule has 2 aliphatic rings. The minimum Gasteiger partial charge on any atom is -0.478 e. The first-order valence-corrected chi connectivity index (χ1v) is 4.64. The van der Waals surface area contributed by atoms with Gasteiger partial charge in [-0.3, -0.25) is 0 Å². The minimum absolute atomic E-state index is 0.239. The van der Waals surface area contributed by atoms with Crippen molar-refractivity contribution < 1.29 is 9.90 Å². The SMILES string of the molecule is O=C(O)C1=CCNC12CCNCC2. The Morgan fingerprint density at radius 1 is 1.46 bits per heavy atom. The van der Waals surface area contributed by atoms with Crippen LogP contribution in [0.3, 0.4) is 0 Å². The van der Waals surface area contributed by atoms with E-state index in [1.165, 1.54) is 0 Å². The van der Waals surface area contributed by atoms with E-state index in [0.717, 1.165) is 25.9 Å². The molecule has 1 fully saturated rings. The first-order valence-electron chi connectivity index (χ1n) is 4.64. The number of carboxylic acid groups (broad SMARTS) is 1. The summed E-state index contributed by atoms with van der Waals surface area (Å²) in [6.45, 7) is 2.50. The molecule has 3 N–H and O–H groups in total. The van der Waals surface area contributed by atoms with Crippen LogP contribution in [0.1, 0.15) is 12.8 Å². The van der Waals surface area contributed by atoms with Crippen molar-refractivity contribution in [2.24, 2.45) is 0 Å². The van der Waals surface area contributed by atoms with E-state index in [4.69, 9.17) is 5.11 Å². The molecule has 2 heterocycles. The van der Waals surface area contributed by atoms with Crippen LogP contribution in [-0.4, -0.2) is 36.2 Å². The lowest BCUT2D eigenvalue weighted by atomic mass is 9.83. The van der Waals surface area contributed by atoms with Gasteiger partial charge in [0.2, 0.25) is 0 Å². The topological polar surface area (TPSA) is 61.4 Å². The Bertz CT molecular complexity index is 254. The van der Waals surface area contributed by atoms with Gasteiger partial charge in [0, 0.05) is 6.54 Å². The lowest BCUT2D eigenvalue weighted by molar-refractivity contribution is -0.133. The van der Waals surface area contributed by atoms with Crippen molar-refractivity contribution in [1.29, 1.82) is 0 Å². The molecule has 2 aliphatic heterocycles. The molecule has 0 aliphatic carbocycles. The third kappa shape index (κ3) is 1.36. The molecule has 0 amide bonds. The molecule has 0 bridgehead atoms. The fourth-order valence-electron chi connectivity index (χ4n) is 2.23. The number of rotatable bonds is 1. The van der Waals surface area contributed by atoms with Crippen molar-refractivity contribution in [3.63, 3.8) is 0 Å². The lowest BCUT2D eigenvalue weighted by Gasteiger charge is -2.35. The van der Waals surface area contributed by atoms with E-state index < -0.39 is 5.97 Å². The highest BCUT2D eigenvalue weighted by molar-refractivity contribution is 5.90. The van der Waals surface area contributed by atoms with Crippen LogP contribution in [0.5, 0.6) is 0 Å². The van der Waals surface area contributed by atoms with Crippen LogP contribution in [0.15, 0.2) is 11.6 Å². The molecular formula is C9H14N2O2. The zero-order chi connectivity index (χ0) is 9.31. The summed E-state index contributed by atoms with van der Waals surface area (Å²) in [6.07, 6.45) is 3.56. The maximum absolute atomic E-state index is 10.9. The fourth-order valence-corrected chi connectivity index (χ4v) is 2.23. The van der Waals surface area contributed by atoms with Gasteiger partial charge >= 0.3 is 5.97 Å². The molecule has 0 saturated carbocycles. The third-order valence-corrected chi connectivity index (χ3v) is 2.95. The summed E-state index contributed by atoms with van der Waals surface area (Å²) in [6, 6.07) is 0. The van der Waals surface area contributed by atoms with Crippen molar-refractivity contribution in [2.45, 2.75) is 18.4 Å². The maximum atomic E-state index is 10.9. The van der Waals surface area contributed by atoms with E-state index in [0.29, 0.717) is 12.1 Å². The summed E-state index contributed by atoms with van der Waals surface area (Å²) in [5.41, 5.74) is 0.325. The van der Waals surface area contributed by atoms with Gasteiger partial charge in [-0.25, -0.2) is 4.79 Å². The van der Waals surface area contributed by atoms with Crippen molar-refractivity contribution in [1.82, 2.24) is 10.6 Å². The summed E-state index contributed by atoms with van der Waals surface area (Å²) in [5, 5.41) is 15.5. The Balaban J connectivity index is 2.21. The Kier molecular flexibility index (Phi) is 2.09. The van der Waals surface area contributed by atoms with E-state index in [9.17, 15) is 4.79 Å². The van der Waals surface area contributed by atoms with Crippen LogP contribution in [0.2, 0.25) is 0 Å². The normalized spacial score (nSPS) is 26.0. The summed E-state index contributed by atoms with van der Waals surface area (Å²) in [7, 11) is 0. The summed E-state index contributed by atoms with van der Waals surface area (Å²) < 4.78 is 0. The van der Waals surface area contributed by atoms with Gasteiger partial charge in [-0.1, -0.05) is 6.08 Å². The van der Waals surface area contributed by atoms with Crippen LogP contribution >= 0.6 is 0 Å². The first-order chi connectivity index (χ1) is 6.25. The molecule has 0 aromatic carbocycles. The van der Waals surface area contributed by atoms with E-state index in [-0.39, 0.29) is 5.54 Å². The molecule has 0 atom stereocenters. The number of nitrogens with one attached hydrogen (secondary N) is 2. The predicted octanol–water partition coefficient (Wildman–Crippen LogP) is -0.277. The van der Waals surface area contributed by atoms with Crippen LogP contribution < -0.4 is 10.6 Å². The van der Waals surface area contributed by atoms with Crippen molar-refractivity contribution in [2.75, 3.05) is 19.6 Å². The highest BCUT2D eigenvalue weighted by Gasteiger charge is 2.41. The average molecular weight is 182 g/mol. The highest BCUT2D eigenvalue weighted by atomic mass is 16.4. The fraction of sp³-hybridized carbons (Fsp3) is 0.667. The molecule has 0 unspecified atom stereocenters. The largest absolute Gasteiger partial charge is 0.478 e. The van der Waals surface area contributed by atoms with E-state index in [1.54, 1.807) is 6.08 Å². The van der Waals surface area contributed by atoms with Crippen LogP contribution in [0.25, 0.3) is 0 Å². The summed E-state index contributed by atoms with van der Waals surface area (Å²) in [5.74, 6) is -0.771. The summed E-state index contributed by atoms with van der Waals surface area (Å²) >= 11 is 0. The Morgan fingerprint density at radius 2 is 2.15 bits per heavy atom. The van der Waals surface area contributed by atoms with Crippen LogP contribution in [0, 0.1) is 0 Å².